The number of hydrogen-bond donors (Lipinski definition) is 0. The summed E-state index contributed by atoms with van der Waals surface area (Å²) in [6.07, 6.45) is 4.26. The molecule has 20 heavy (non-hydrogen) atoms. The molecule has 2 aromatic heterocycles. The van der Waals surface area contributed by atoms with Crippen molar-refractivity contribution in [1.82, 2.24) is 19.1 Å². The number of nitrogens with zero attached hydrogens (tertiary/aromatic N) is 4. The smallest absolute Gasteiger partial charge is 0.330 e. The summed E-state index contributed by atoms with van der Waals surface area (Å²) in [5.74, 6) is 0. The lowest BCUT2D eigenvalue weighted by molar-refractivity contribution is 0.0694. The second-order valence-electron chi connectivity index (χ2n) is 4.51. The van der Waals surface area contributed by atoms with E-state index < -0.39 is 19.0 Å². The molecule has 1 fully saturated rings. The van der Waals surface area contributed by atoms with Crippen molar-refractivity contribution in [3.05, 3.63) is 16.7 Å². The molecule has 0 radical (unpaired) electrons. The van der Waals surface area contributed by atoms with Crippen LogP contribution in [0, 0.1) is 0 Å². The molecule has 0 N–H and O–H groups in total. The number of rotatable bonds is 3. The second-order valence-corrected chi connectivity index (χ2v) is 5.28. The van der Waals surface area contributed by atoms with Crippen LogP contribution < -0.4 is 5.69 Å². The molecule has 0 atom stereocenters. The molecule has 3 heterocycles. The van der Waals surface area contributed by atoms with E-state index in [1.165, 1.54) is 22.5 Å². The third-order valence-corrected chi connectivity index (χ3v) is 4.01. The Morgan fingerprint density at radius 2 is 2.40 bits per heavy atom. The second kappa shape index (κ2) is 5.57. The molecule has 1 aliphatic heterocycles. The van der Waals surface area contributed by atoms with E-state index in [9.17, 15) is 4.79 Å². The quantitative estimate of drug-likeness (QED) is 0.637. The van der Waals surface area contributed by atoms with Gasteiger partial charge >= 0.3 is 5.69 Å². The molecule has 0 aromatic carbocycles. The average molecular weight is 299 g/mol. The lowest BCUT2D eigenvalue weighted by Gasteiger charge is -2.22. The fraction of sp³-hybridized carbons (Fsp3) is 0.615. The molecule has 2 aromatic rings. The maximum atomic E-state index is 13.0. The van der Waals surface area contributed by atoms with Gasteiger partial charge in [-0.05, 0) is 25.9 Å². The van der Waals surface area contributed by atoms with Crippen LogP contribution in [0.5, 0.6) is 0 Å². The number of fused-ring (bicyclic) bond motifs is 1. The Hall–Kier alpha value is -1.34. The van der Waals surface area contributed by atoms with Crippen LogP contribution in [0.3, 0.4) is 0 Å². The van der Waals surface area contributed by atoms with Crippen LogP contribution in [0.15, 0.2) is 16.1 Å². The number of thioether (sulfide) groups is 1. The minimum atomic E-state index is -3.01. The summed E-state index contributed by atoms with van der Waals surface area (Å²) in [6, 6.07) is -0.220. The standard InChI is InChI=1S/C13H18N4O2S/c1-3-16-10-8-14-12(20-2)15-11(10)17(13(16)18)9-4-6-19-7-5-9/h8-9H,3-7H2,1-2H3/i1D3,3D2. The number of hydrogen-bond acceptors (Lipinski definition) is 5. The van der Waals surface area contributed by atoms with E-state index in [1.54, 1.807) is 6.26 Å². The van der Waals surface area contributed by atoms with Gasteiger partial charge in [0, 0.05) is 32.6 Å². The van der Waals surface area contributed by atoms with Gasteiger partial charge in [-0.2, -0.15) is 0 Å². The van der Waals surface area contributed by atoms with Gasteiger partial charge in [-0.1, -0.05) is 11.8 Å². The Morgan fingerprint density at radius 3 is 3.10 bits per heavy atom. The number of aromatic nitrogens is 4. The van der Waals surface area contributed by atoms with Crippen LogP contribution in [0.2, 0.25) is 0 Å². The van der Waals surface area contributed by atoms with E-state index in [4.69, 9.17) is 11.6 Å². The highest BCUT2D eigenvalue weighted by atomic mass is 32.2. The topological polar surface area (TPSA) is 61.9 Å². The Kier molecular flexibility index (Phi) is 2.46. The molecule has 7 heteroatoms. The van der Waals surface area contributed by atoms with Crippen LogP contribution in [0.4, 0.5) is 0 Å². The van der Waals surface area contributed by atoms with E-state index in [2.05, 4.69) is 9.97 Å². The molecule has 0 aliphatic carbocycles. The molecule has 0 unspecified atom stereocenters. The van der Waals surface area contributed by atoms with E-state index in [1.807, 2.05) is 0 Å². The van der Waals surface area contributed by atoms with Gasteiger partial charge in [0.25, 0.3) is 0 Å². The maximum absolute atomic E-state index is 13.0. The highest BCUT2D eigenvalue weighted by molar-refractivity contribution is 7.98. The van der Waals surface area contributed by atoms with Crippen molar-refractivity contribution in [2.75, 3.05) is 19.5 Å². The van der Waals surface area contributed by atoms with Crippen LogP contribution in [-0.2, 0) is 11.2 Å². The van der Waals surface area contributed by atoms with Gasteiger partial charge in [-0.25, -0.2) is 14.8 Å². The Bertz CT molecular complexity index is 841. The first-order valence-electron chi connectivity index (χ1n) is 8.80. The maximum Gasteiger partial charge on any atom is 0.330 e. The summed E-state index contributed by atoms with van der Waals surface area (Å²) < 4.78 is 45.9. The van der Waals surface area contributed by atoms with Crippen LogP contribution in [0.25, 0.3) is 11.2 Å². The van der Waals surface area contributed by atoms with Gasteiger partial charge in [0.05, 0.1) is 6.20 Å². The largest absolute Gasteiger partial charge is 0.381 e. The summed E-state index contributed by atoms with van der Waals surface area (Å²) in [7, 11) is 0. The fourth-order valence-corrected chi connectivity index (χ4v) is 2.80. The molecule has 1 saturated heterocycles. The van der Waals surface area contributed by atoms with Gasteiger partial charge < -0.3 is 4.74 Å². The van der Waals surface area contributed by atoms with Gasteiger partial charge in [-0.15, -0.1) is 0 Å². The summed E-state index contributed by atoms with van der Waals surface area (Å²) in [4.78, 5) is 21.4. The van der Waals surface area contributed by atoms with Gasteiger partial charge in [0.1, 0.15) is 5.52 Å². The fourth-order valence-electron chi connectivity index (χ4n) is 2.47. The van der Waals surface area contributed by atoms with E-state index >= 15 is 0 Å². The van der Waals surface area contributed by atoms with Crippen molar-refractivity contribution in [2.24, 2.45) is 0 Å². The zero-order valence-corrected chi connectivity index (χ0v) is 11.8. The third kappa shape index (κ3) is 2.14. The zero-order valence-electron chi connectivity index (χ0n) is 16.0. The van der Waals surface area contributed by atoms with Crippen molar-refractivity contribution < 1.29 is 11.6 Å². The molecule has 3 rings (SSSR count). The summed E-state index contributed by atoms with van der Waals surface area (Å²) >= 11 is 1.29. The predicted octanol–water partition coefficient (Wildman–Crippen LogP) is 1.69. The van der Waals surface area contributed by atoms with E-state index in [-0.39, 0.29) is 17.2 Å². The molecule has 0 saturated carbocycles. The first-order valence-corrected chi connectivity index (χ1v) is 7.53. The first-order chi connectivity index (χ1) is 11.7. The number of aryl methyl sites for hydroxylation is 1. The summed E-state index contributed by atoms with van der Waals surface area (Å²) in [5, 5.41) is 0.430. The van der Waals surface area contributed by atoms with Gasteiger partial charge in [0.15, 0.2) is 10.8 Å². The van der Waals surface area contributed by atoms with Crippen molar-refractivity contribution >= 4 is 22.9 Å². The lowest BCUT2D eigenvalue weighted by atomic mass is 10.1. The molecular formula is C13H18N4O2S. The van der Waals surface area contributed by atoms with Crippen LogP contribution in [0.1, 0.15) is 32.6 Å². The van der Waals surface area contributed by atoms with Gasteiger partial charge in [-0.3, -0.25) is 9.13 Å². The monoisotopic (exact) mass is 299 g/mol. The zero-order chi connectivity index (χ0) is 18.4. The Labute approximate surface area is 128 Å². The van der Waals surface area contributed by atoms with Crippen molar-refractivity contribution in [2.45, 2.75) is 37.4 Å². The van der Waals surface area contributed by atoms with E-state index in [0.717, 1.165) is 0 Å². The number of ether oxygens (including phenoxy) is 1. The highest BCUT2D eigenvalue weighted by Crippen LogP contribution is 2.24. The molecule has 1 aliphatic rings. The Balaban J connectivity index is 2.31. The van der Waals surface area contributed by atoms with Crippen LogP contribution in [-0.4, -0.2) is 38.6 Å². The molecule has 6 nitrogen and oxygen atoms in total. The number of imidazole rings is 1. The SMILES string of the molecule is [2H]C([2H])([2H])C([2H])([2H])n1c(=O)n(C2CCOCC2)c2nc(SC)ncc21. The average Bonchev–Trinajstić information content (AvgIpc) is 2.85. The first kappa shape index (κ1) is 8.84. The lowest BCUT2D eigenvalue weighted by Crippen LogP contribution is -2.30. The summed E-state index contributed by atoms with van der Waals surface area (Å²) in [5.41, 5.74) is -0.393. The summed E-state index contributed by atoms with van der Waals surface area (Å²) in [6.45, 7) is -4.92. The van der Waals surface area contributed by atoms with Crippen molar-refractivity contribution in [1.29, 1.82) is 0 Å². The Morgan fingerprint density at radius 1 is 1.60 bits per heavy atom. The predicted molar refractivity (Wildman–Crippen MR) is 78.3 cm³/mol. The normalized spacial score (nSPS) is 21.9. The minimum absolute atomic E-state index is 0.0791. The van der Waals surface area contributed by atoms with Crippen molar-refractivity contribution in [3.8, 4) is 0 Å². The molecule has 108 valence electrons. The molecule has 0 amide bonds. The highest BCUT2D eigenvalue weighted by Gasteiger charge is 2.23. The van der Waals surface area contributed by atoms with Gasteiger partial charge in [0.2, 0.25) is 0 Å². The minimum Gasteiger partial charge on any atom is -0.381 e. The molecule has 0 spiro atoms. The van der Waals surface area contributed by atoms with Crippen molar-refractivity contribution in [3.63, 3.8) is 0 Å². The molecule has 0 bridgehead atoms. The molecular weight excluding hydrogens is 276 g/mol. The van der Waals surface area contributed by atoms with Crippen LogP contribution >= 0.6 is 11.8 Å². The third-order valence-electron chi connectivity index (χ3n) is 3.44. The van der Waals surface area contributed by atoms with E-state index in [0.29, 0.717) is 35.8 Å².